The molecule has 0 amide bonds. The second-order valence-corrected chi connectivity index (χ2v) is 11.1. The fourth-order valence-electron chi connectivity index (χ4n) is 3.02. The molecule has 2 aromatic carbocycles. The number of nitrogens with zero attached hydrogens (tertiary/aromatic N) is 2. The first-order valence-electron chi connectivity index (χ1n) is 9.58. The molecule has 0 N–H and O–H groups in total. The van der Waals surface area contributed by atoms with Gasteiger partial charge < -0.3 is 10.3 Å². The second-order valence-electron chi connectivity index (χ2n) is 7.15. The van der Waals surface area contributed by atoms with Crippen molar-refractivity contribution in [1.82, 2.24) is 0 Å². The third-order valence-corrected chi connectivity index (χ3v) is 8.89. The van der Waals surface area contributed by atoms with Crippen LogP contribution in [0.25, 0.3) is 5.53 Å². The van der Waals surface area contributed by atoms with E-state index in [1.807, 2.05) is 6.92 Å². The topological polar surface area (TPSA) is 114 Å². The molecule has 0 unspecified atom stereocenters. The minimum absolute atomic E-state index is 0.0219. The van der Waals surface area contributed by atoms with Crippen molar-refractivity contribution in [1.29, 1.82) is 0 Å². The third kappa shape index (κ3) is 4.98. The largest absolute Gasteiger partial charge is 0.504 e. The van der Waals surface area contributed by atoms with Crippen LogP contribution in [0.2, 0.25) is 0 Å². The Hall–Kier alpha value is -2.48. The molecular formula is C21H26N2O5S2. The fourth-order valence-corrected chi connectivity index (χ4v) is 6.77. The summed E-state index contributed by atoms with van der Waals surface area (Å²) in [6.45, 7) is 7.33. The SMILES string of the molecule is CCCCCOc1ccc(C)cc1S(=O)(=O)C(=[N+]=[N-])S(=O)(=O)c1ccc(C)cc1C. The smallest absolute Gasteiger partial charge is 0.492 e. The first-order chi connectivity index (χ1) is 14.1. The van der Waals surface area contributed by atoms with E-state index in [2.05, 4.69) is 4.79 Å². The minimum atomic E-state index is -4.69. The van der Waals surface area contributed by atoms with Gasteiger partial charge in [0.25, 0.3) is 19.7 Å². The molecule has 0 aromatic heterocycles. The summed E-state index contributed by atoms with van der Waals surface area (Å²) in [4.78, 5) is 2.13. The molecule has 2 aromatic rings. The lowest BCUT2D eigenvalue weighted by molar-refractivity contribution is 0.00378. The van der Waals surface area contributed by atoms with E-state index in [1.54, 1.807) is 39.0 Å². The zero-order chi connectivity index (χ0) is 22.5. The summed E-state index contributed by atoms with van der Waals surface area (Å²) in [7, 11) is -9.30. The lowest BCUT2D eigenvalue weighted by Gasteiger charge is -2.12. The van der Waals surface area contributed by atoms with Gasteiger partial charge in [0.1, 0.15) is 10.6 Å². The summed E-state index contributed by atoms with van der Waals surface area (Å²) < 4.78 is 57.0. The Labute approximate surface area is 178 Å². The van der Waals surface area contributed by atoms with Crippen molar-refractivity contribution >= 4 is 24.1 Å². The summed E-state index contributed by atoms with van der Waals surface area (Å²) in [5, 5.41) is 0. The Balaban J connectivity index is 2.58. The Bertz CT molecular complexity index is 1200. The number of sulfone groups is 2. The van der Waals surface area contributed by atoms with Crippen molar-refractivity contribution in [3.63, 3.8) is 0 Å². The highest BCUT2D eigenvalue weighted by Crippen LogP contribution is 2.30. The van der Waals surface area contributed by atoms with E-state index >= 15 is 0 Å². The van der Waals surface area contributed by atoms with Gasteiger partial charge in [0.05, 0.1) is 11.5 Å². The van der Waals surface area contributed by atoms with Crippen LogP contribution in [0, 0.1) is 20.8 Å². The predicted molar refractivity (Wildman–Crippen MR) is 115 cm³/mol. The Morgan fingerprint density at radius 1 is 0.900 bits per heavy atom. The number of hydrogen-bond acceptors (Lipinski definition) is 5. The van der Waals surface area contributed by atoms with Crippen LogP contribution in [0.3, 0.4) is 0 Å². The van der Waals surface area contributed by atoms with Crippen LogP contribution < -0.4 is 4.74 Å². The number of ether oxygens (including phenoxy) is 1. The molecule has 0 bridgehead atoms. The van der Waals surface area contributed by atoms with E-state index in [4.69, 9.17) is 4.74 Å². The molecule has 9 heteroatoms. The molecule has 0 saturated carbocycles. The summed E-state index contributed by atoms with van der Waals surface area (Å²) >= 11 is 0. The van der Waals surface area contributed by atoms with Gasteiger partial charge in [-0.2, -0.15) is 0 Å². The quantitative estimate of drug-likeness (QED) is 0.208. The van der Waals surface area contributed by atoms with Crippen molar-refractivity contribution in [2.24, 2.45) is 0 Å². The molecule has 0 saturated heterocycles. The van der Waals surface area contributed by atoms with Crippen LogP contribution in [0.15, 0.2) is 46.2 Å². The molecule has 0 radical (unpaired) electrons. The Morgan fingerprint density at radius 2 is 1.50 bits per heavy atom. The summed E-state index contributed by atoms with van der Waals surface area (Å²) in [6.07, 6.45) is 2.61. The average molecular weight is 451 g/mol. The van der Waals surface area contributed by atoms with Gasteiger partial charge in [-0.15, -0.1) is 4.79 Å². The highest BCUT2D eigenvalue weighted by Gasteiger charge is 2.46. The van der Waals surface area contributed by atoms with Crippen LogP contribution in [0.5, 0.6) is 5.75 Å². The maximum Gasteiger partial charge on any atom is 0.504 e. The lowest BCUT2D eigenvalue weighted by Crippen LogP contribution is -2.27. The van der Waals surface area contributed by atoms with Gasteiger partial charge in [-0.3, -0.25) is 0 Å². The van der Waals surface area contributed by atoms with E-state index in [9.17, 15) is 22.4 Å². The van der Waals surface area contributed by atoms with Gasteiger partial charge in [-0.1, -0.05) is 43.5 Å². The Kier molecular flexibility index (Phi) is 7.58. The second kappa shape index (κ2) is 9.55. The highest BCUT2D eigenvalue weighted by atomic mass is 32.3. The monoisotopic (exact) mass is 450 g/mol. The molecular weight excluding hydrogens is 424 g/mol. The number of benzene rings is 2. The number of aryl methyl sites for hydroxylation is 3. The molecule has 2 rings (SSSR count). The van der Waals surface area contributed by atoms with Gasteiger partial charge in [-0.05, 0) is 56.5 Å². The molecule has 0 aliphatic rings. The van der Waals surface area contributed by atoms with Crippen molar-refractivity contribution in [3.8, 4) is 5.75 Å². The maximum atomic E-state index is 13.3. The van der Waals surface area contributed by atoms with Crippen molar-refractivity contribution in [3.05, 3.63) is 58.6 Å². The van der Waals surface area contributed by atoms with Gasteiger partial charge in [0.2, 0.25) is 0 Å². The maximum absolute atomic E-state index is 13.3. The zero-order valence-corrected chi connectivity index (χ0v) is 19.2. The van der Waals surface area contributed by atoms with Crippen LogP contribution in [0.1, 0.15) is 42.9 Å². The molecule has 0 heterocycles. The van der Waals surface area contributed by atoms with Crippen molar-refractivity contribution < 1.29 is 26.4 Å². The molecule has 0 aliphatic heterocycles. The predicted octanol–water partition coefficient (Wildman–Crippen LogP) is 4.01. The molecule has 162 valence electrons. The molecule has 0 atom stereocenters. The normalized spacial score (nSPS) is 11.7. The summed E-state index contributed by atoms with van der Waals surface area (Å²) in [6, 6.07) is 8.93. The number of unbranched alkanes of at least 4 members (excludes halogenated alkanes) is 2. The molecule has 30 heavy (non-hydrogen) atoms. The zero-order valence-electron chi connectivity index (χ0n) is 17.5. The molecule has 7 nitrogen and oxygen atoms in total. The van der Waals surface area contributed by atoms with Crippen molar-refractivity contribution in [2.45, 2.75) is 56.7 Å². The third-order valence-electron chi connectivity index (χ3n) is 4.56. The van der Waals surface area contributed by atoms with Crippen LogP contribution in [-0.4, -0.2) is 32.6 Å². The van der Waals surface area contributed by atoms with E-state index in [0.29, 0.717) is 11.1 Å². The van der Waals surface area contributed by atoms with Gasteiger partial charge >= 0.3 is 4.38 Å². The first kappa shape index (κ1) is 23.8. The lowest BCUT2D eigenvalue weighted by atomic mass is 10.2. The van der Waals surface area contributed by atoms with Crippen LogP contribution in [0.4, 0.5) is 0 Å². The van der Waals surface area contributed by atoms with Gasteiger partial charge in [-0.25, -0.2) is 16.8 Å². The molecule has 0 spiro atoms. The Morgan fingerprint density at radius 3 is 2.10 bits per heavy atom. The molecule has 0 aliphatic carbocycles. The van der Waals surface area contributed by atoms with Crippen LogP contribution >= 0.6 is 0 Å². The van der Waals surface area contributed by atoms with E-state index in [0.717, 1.165) is 24.8 Å². The molecule has 0 fully saturated rings. The van der Waals surface area contributed by atoms with Gasteiger partial charge in [0, 0.05) is 0 Å². The number of hydrogen-bond donors (Lipinski definition) is 0. The van der Waals surface area contributed by atoms with Crippen LogP contribution in [-0.2, 0) is 19.7 Å². The minimum Gasteiger partial charge on any atom is -0.492 e. The van der Waals surface area contributed by atoms with Gasteiger partial charge in [0.15, 0.2) is 0 Å². The summed E-state index contributed by atoms with van der Waals surface area (Å²) in [5.74, 6) is 0.0219. The van der Waals surface area contributed by atoms with E-state index in [1.165, 1.54) is 18.2 Å². The first-order valence-corrected chi connectivity index (χ1v) is 12.5. The van der Waals surface area contributed by atoms with E-state index in [-0.39, 0.29) is 22.1 Å². The highest BCUT2D eigenvalue weighted by molar-refractivity contribution is 8.31. The summed E-state index contributed by atoms with van der Waals surface area (Å²) in [5.41, 5.74) is 11.2. The number of rotatable bonds is 7. The fraction of sp³-hybridized carbons (Fsp3) is 0.381. The average Bonchev–Trinajstić information content (AvgIpc) is 2.65. The van der Waals surface area contributed by atoms with Crippen molar-refractivity contribution in [2.75, 3.05) is 6.61 Å². The standard InChI is InChI=1S/C21H26N2O5S2/c1-5-6-7-12-28-18-10-8-16(3)14-20(18)30(26,27)21(23-22)29(24,25)19-11-9-15(2)13-17(19)4/h8-11,13-14H,5-7,12H2,1-4H3. The van der Waals surface area contributed by atoms with E-state index < -0.39 is 24.1 Å².